The van der Waals surface area contributed by atoms with Crippen molar-refractivity contribution < 1.29 is 30.6 Å². The van der Waals surface area contributed by atoms with Crippen LogP contribution in [0, 0.1) is 13.8 Å². The molecule has 0 saturated heterocycles. The molecule has 172 valence electrons. The first-order valence-electron chi connectivity index (χ1n) is 9.63. The second-order valence-electron chi connectivity index (χ2n) is 7.15. The molecule has 33 heavy (non-hydrogen) atoms. The topological polar surface area (TPSA) is 86.2 Å². The Hall–Kier alpha value is -3.53. The van der Waals surface area contributed by atoms with Crippen LogP contribution in [0.1, 0.15) is 28.7 Å². The molecule has 2 heterocycles. The molecule has 4 rings (SSSR count). The fourth-order valence-corrected chi connectivity index (χ4v) is 3.57. The number of aromatic nitrogens is 2. The molecule has 0 spiro atoms. The number of para-hydroxylation sites is 2. The number of hydrogen-bond acceptors (Lipinski definition) is 6. The maximum Gasteiger partial charge on any atom is 0.534 e. The predicted octanol–water partition coefficient (Wildman–Crippen LogP) is 5.52. The number of rotatable bonds is 3. The van der Waals surface area contributed by atoms with Crippen LogP contribution in [-0.4, -0.2) is 29.7 Å². The van der Waals surface area contributed by atoms with Crippen molar-refractivity contribution in [3.63, 3.8) is 0 Å². The van der Waals surface area contributed by atoms with Crippen LogP contribution in [0.4, 0.5) is 13.2 Å². The van der Waals surface area contributed by atoms with Gasteiger partial charge < -0.3 is 4.18 Å². The van der Waals surface area contributed by atoms with E-state index in [2.05, 4.69) is 14.2 Å². The van der Waals surface area contributed by atoms with E-state index in [-0.39, 0.29) is 16.9 Å². The van der Waals surface area contributed by atoms with Crippen LogP contribution in [0.15, 0.2) is 60.7 Å². The minimum atomic E-state index is -5.69. The number of aryl methyl sites for hydroxylation is 2. The molecule has 0 bridgehead atoms. The molecule has 0 amide bonds. The lowest BCUT2D eigenvalue weighted by molar-refractivity contribution is -0.0499. The van der Waals surface area contributed by atoms with Crippen LogP contribution in [-0.2, 0) is 10.1 Å². The number of ketones is 1. The van der Waals surface area contributed by atoms with Gasteiger partial charge in [-0.25, -0.2) is 0 Å². The molecule has 2 aromatic carbocycles. The average Bonchev–Trinajstić information content (AvgIpc) is 2.72. The first-order valence-corrected chi connectivity index (χ1v) is 11.0. The van der Waals surface area contributed by atoms with Crippen LogP contribution < -0.4 is 4.18 Å². The van der Waals surface area contributed by atoms with E-state index < -0.39 is 15.6 Å². The molecule has 10 heteroatoms. The molecular weight excluding hydrogens is 457 g/mol. The Morgan fingerprint density at radius 3 is 1.88 bits per heavy atom. The average molecular weight is 476 g/mol. The fraction of sp³-hybridized carbons (Fsp3) is 0.174. The van der Waals surface area contributed by atoms with Gasteiger partial charge in [0.25, 0.3) is 0 Å². The molecular formula is C23H19F3N2O4S. The Labute approximate surface area is 188 Å². The zero-order valence-electron chi connectivity index (χ0n) is 17.8. The number of nitrogens with zero attached hydrogens (tertiary/aromatic N) is 2. The second-order valence-corrected chi connectivity index (χ2v) is 8.68. The normalized spacial score (nSPS) is 11.7. The molecule has 0 unspecified atom stereocenters. The summed E-state index contributed by atoms with van der Waals surface area (Å²) in [6.45, 7) is 5.01. The minimum Gasteiger partial charge on any atom is -0.375 e. The summed E-state index contributed by atoms with van der Waals surface area (Å²) < 4.78 is 63.1. The third-order valence-electron chi connectivity index (χ3n) is 4.51. The third kappa shape index (κ3) is 5.46. The number of fused-ring (bicyclic) bond motifs is 2. The zero-order valence-corrected chi connectivity index (χ0v) is 18.7. The molecule has 0 atom stereocenters. The summed E-state index contributed by atoms with van der Waals surface area (Å²) in [5.74, 6) is -0.299. The molecule has 2 aromatic heterocycles. The lowest BCUT2D eigenvalue weighted by Gasteiger charge is -2.11. The molecule has 0 fully saturated rings. The van der Waals surface area contributed by atoms with E-state index in [4.69, 9.17) is 0 Å². The van der Waals surface area contributed by atoms with Gasteiger partial charge in [0.15, 0.2) is 11.5 Å². The quantitative estimate of drug-likeness (QED) is 0.220. The first-order chi connectivity index (χ1) is 15.4. The molecule has 4 aromatic rings. The maximum absolute atomic E-state index is 12.3. The van der Waals surface area contributed by atoms with Gasteiger partial charge in [0.2, 0.25) is 0 Å². The van der Waals surface area contributed by atoms with Crippen LogP contribution in [0.25, 0.3) is 21.8 Å². The number of alkyl halides is 3. The van der Waals surface area contributed by atoms with Crippen molar-refractivity contribution in [3.05, 3.63) is 77.6 Å². The van der Waals surface area contributed by atoms with E-state index in [1.54, 1.807) is 25.1 Å². The van der Waals surface area contributed by atoms with Gasteiger partial charge in [0, 0.05) is 33.8 Å². The van der Waals surface area contributed by atoms with E-state index in [0.717, 1.165) is 28.2 Å². The maximum atomic E-state index is 12.3. The molecule has 6 nitrogen and oxygen atoms in total. The highest BCUT2D eigenvalue weighted by molar-refractivity contribution is 7.88. The number of pyridine rings is 2. The summed E-state index contributed by atoms with van der Waals surface area (Å²) in [6, 6.07) is 16.9. The van der Waals surface area contributed by atoms with Gasteiger partial charge >= 0.3 is 15.6 Å². The SMILES string of the molecule is CC(=O)c1cc(C)nc2ccccc12.Cc1cc(OS(=O)(=O)C(F)(F)F)c2ccccc2n1. The Morgan fingerprint density at radius 2 is 1.33 bits per heavy atom. The number of halogens is 3. The molecule has 0 aliphatic rings. The number of Topliss-reactive ketones (excluding diaryl/α,β-unsaturated/α-hetero) is 1. The first kappa shape index (κ1) is 24.1. The van der Waals surface area contributed by atoms with Gasteiger partial charge in [0.1, 0.15) is 0 Å². The van der Waals surface area contributed by atoms with E-state index >= 15 is 0 Å². The van der Waals surface area contributed by atoms with Crippen molar-refractivity contribution in [1.82, 2.24) is 9.97 Å². The summed E-state index contributed by atoms with van der Waals surface area (Å²) in [6.07, 6.45) is 0. The van der Waals surface area contributed by atoms with Crippen molar-refractivity contribution in [2.24, 2.45) is 0 Å². The van der Waals surface area contributed by atoms with Gasteiger partial charge in [-0.2, -0.15) is 21.6 Å². The molecule has 0 radical (unpaired) electrons. The van der Waals surface area contributed by atoms with Gasteiger partial charge in [0.05, 0.1) is 11.0 Å². The standard InChI is InChI=1S/C12H11NO.C11H8F3NO3S/c1-8-7-11(9(2)14)10-5-3-4-6-12(10)13-8;1-7-6-10(18-19(16,17)11(12,13)14)8-4-2-3-5-9(8)15-7/h3-7H,1-2H3;2-6H,1H3. The summed E-state index contributed by atoms with van der Waals surface area (Å²) in [5.41, 5.74) is -2.23. The zero-order chi connectivity index (χ0) is 24.4. The van der Waals surface area contributed by atoms with Crippen molar-refractivity contribution in [2.45, 2.75) is 26.3 Å². The van der Waals surface area contributed by atoms with E-state index in [1.807, 2.05) is 37.3 Å². The Bertz CT molecular complexity index is 1450. The largest absolute Gasteiger partial charge is 0.534 e. The second kappa shape index (κ2) is 9.14. The highest BCUT2D eigenvalue weighted by Crippen LogP contribution is 2.31. The number of benzene rings is 2. The summed E-state index contributed by atoms with van der Waals surface area (Å²) >= 11 is 0. The van der Waals surface area contributed by atoms with Gasteiger partial charge in [-0.05, 0) is 45.0 Å². The highest BCUT2D eigenvalue weighted by Gasteiger charge is 2.48. The van der Waals surface area contributed by atoms with Crippen LogP contribution in [0.5, 0.6) is 5.75 Å². The van der Waals surface area contributed by atoms with Crippen molar-refractivity contribution in [1.29, 1.82) is 0 Å². The Balaban J connectivity index is 0.000000194. The van der Waals surface area contributed by atoms with Crippen LogP contribution in [0.2, 0.25) is 0 Å². The number of carbonyl (C=O) groups is 1. The van der Waals surface area contributed by atoms with E-state index in [9.17, 15) is 26.4 Å². The monoisotopic (exact) mass is 476 g/mol. The fourth-order valence-electron chi connectivity index (χ4n) is 3.10. The van der Waals surface area contributed by atoms with Crippen LogP contribution >= 0.6 is 0 Å². The van der Waals surface area contributed by atoms with Gasteiger partial charge in [-0.15, -0.1) is 0 Å². The van der Waals surface area contributed by atoms with E-state index in [0.29, 0.717) is 11.2 Å². The molecule has 0 aliphatic carbocycles. The summed E-state index contributed by atoms with van der Waals surface area (Å²) in [5, 5.41) is 1.13. The molecule has 0 aliphatic heterocycles. The summed E-state index contributed by atoms with van der Waals surface area (Å²) in [7, 11) is -5.69. The van der Waals surface area contributed by atoms with Crippen LogP contribution in [0.3, 0.4) is 0 Å². The minimum absolute atomic E-state index is 0.0895. The van der Waals surface area contributed by atoms with Gasteiger partial charge in [-0.3, -0.25) is 14.8 Å². The predicted molar refractivity (Wildman–Crippen MR) is 119 cm³/mol. The third-order valence-corrected chi connectivity index (χ3v) is 5.48. The Kier molecular flexibility index (Phi) is 6.68. The molecule has 0 saturated carbocycles. The van der Waals surface area contributed by atoms with E-state index in [1.165, 1.54) is 13.0 Å². The van der Waals surface area contributed by atoms with Gasteiger partial charge in [-0.1, -0.05) is 30.3 Å². The van der Waals surface area contributed by atoms with Crippen molar-refractivity contribution in [2.75, 3.05) is 0 Å². The number of carbonyl (C=O) groups excluding carboxylic acids is 1. The molecule has 0 N–H and O–H groups in total. The summed E-state index contributed by atoms with van der Waals surface area (Å²) in [4.78, 5) is 19.8. The Morgan fingerprint density at radius 1 is 0.848 bits per heavy atom. The van der Waals surface area contributed by atoms with Crippen molar-refractivity contribution >= 4 is 37.7 Å². The number of hydrogen-bond donors (Lipinski definition) is 0. The van der Waals surface area contributed by atoms with Crippen molar-refractivity contribution in [3.8, 4) is 5.75 Å². The lowest BCUT2D eigenvalue weighted by atomic mass is 10.1. The smallest absolute Gasteiger partial charge is 0.375 e. The lowest BCUT2D eigenvalue weighted by Crippen LogP contribution is -2.28. The highest BCUT2D eigenvalue weighted by atomic mass is 32.2.